The predicted molar refractivity (Wildman–Crippen MR) is 122 cm³/mol. The van der Waals surface area contributed by atoms with E-state index in [9.17, 15) is 10.1 Å². The van der Waals surface area contributed by atoms with E-state index in [0.29, 0.717) is 19.0 Å². The third-order valence-electron chi connectivity index (χ3n) is 4.16. The highest BCUT2D eigenvalue weighted by molar-refractivity contribution is 14.0. The number of nitrogens with one attached hydrogen (secondary N) is 2. The molecule has 28 heavy (non-hydrogen) atoms. The lowest BCUT2D eigenvalue weighted by Crippen LogP contribution is -2.41. The summed E-state index contributed by atoms with van der Waals surface area (Å²) in [6.45, 7) is 5.24. The molecule has 0 radical (unpaired) electrons. The number of nitrogens with zero attached hydrogens (tertiary/aromatic N) is 2. The van der Waals surface area contributed by atoms with Crippen molar-refractivity contribution in [3.63, 3.8) is 0 Å². The standard InChI is InChI=1S/C20H26N4O3.HI/c1-4-15(2)23-20(22-14-17-6-5-7-19(12-17)27-3)21-13-16-8-10-18(11-9-16)24(25)26;/h5-12,15H,4,13-14H2,1-3H3,(H2,21,22,23);1H. The van der Waals surface area contributed by atoms with Crippen LogP contribution in [0.25, 0.3) is 0 Å². The third-order valence-corrected chi connectivity index (χ3v) is 4.16. The average Bonchev–Trinajstić information content (AvgIpc) is 2.70. The van der Waals surface area contributed by atoms with Gasteiger partial charge in [0, 0.05) is 24.7 Å². The second-order valence-electron chi connectivity index (χ2n) is 6.25. The fraction of sp³-hybridized carbons (Fsp3) is 0.350. The summed E-state index contributed by atoms with van der Waals surface area (Å²) in [5.74, 6) is 1.50. The van der Waals surface area contributed by atoms with E-state index >= 15 is 0 Å². The summed E-state index contributed by atoms with van der Waals surface area (Å²) in [5.41, 5.74) is 2.08. The van der Waals surface area contributed by atoms with Crippen molar-refractivity contribution in [2.24, 2.45) is 4.99 Å². The zero-order chi connectivity index (χ0) is 19.6. The first-order chi connectivity index (χ1) is 13.0. The number of ether oxygens (including phenoxy) is 1. The summed E-state index contributed by atoms with van der Waals surface area (Å²) in [7, 11) is 1.64. The molecule has 0 saturated heterocycles. The van der Waals surface area contributed by atoms with Gasteiger partial charge >= 0.3 is 0 Å². The SMILES string of the molecule is CCC(C)NC(=NCc1cccc(OC)c1)NCc1ccc([N+](=O)[O-])cc1.I. The molecule has 2 aromatic carbocycles. The number of methoxy groups -OCH3 is 1. The molecule has 1 unspecified atom stereocenters. The lowest BCUT2D eigenvalue weighted by atomic mass is 10.2. The first-order valence-corrected chi connectivity index (χ1v) is 8.93. The Morgan fingerprint density at radius 2 is 1.93 bits per heavy atom. The van der Waals surface area contributed by atoms with E-state index in [1.165, 1.54) is 12.1 Å². The van der Waals surface area contributed by atoms with Crippen LogP contribution in [0.5, 0.6) is 5.75 Å². The van der Waals surface area contributed by atoms with E-state index in [0.717, 1.165) is 23.3 Å². The summed E-state index contributed by atoms with van der Waals surface area (Å²) in [4.78, 5) is 15.0. The number of hydrogen-bond acceptors (Lipinski definition) is 4. The van der Waals surface area contributed by atoms with Gasteiger partial charge in [0.05, 0.1) is 18.6 Å². The first kappa shape index (κ1) is 23.7. The number of aliphatic imine (C=N–C) groups is 1. The predicted octanol–water partition coefficient (Wildman–Crippen LogP) is 4.26. The fourth-order valence-corrected chi connectivity index (χ4v) is 2.35. The van der Waals surface area contributed by atoms with E-state index in [-0.39, 0.29) is 35.7 Å². The molecular weight excluding hydrogens is 471 g/mol. The quantitative estimate of drug-likeness (QED) is 0.187. The van der Waals surface area contributed by atoms with Gasteiger partial charge in [-0.15, -0.1) is 24.0 Å². The Bertz CT molecular complexity index is 781. The molecule has 2 rings (SSSR count). The Hall–Kier alpha value is -2.36. The van der Waals surface area contributed by atoms with Crippen LogP contribution in [0.3, 0.4) is 0 Å². The van der Waals surface area contributed by atoms with E-state index < -0.39 is 4.92 Å². The maximum absolute atomic E-state index is 10.8. The number of nitro groups is 1. The normalized spacial score (nSPS) is 11.9. The number of benzene rings is 2. The van der Waals surface area contributed by atoms with Crippen LogP contribution in [0.1, 0.15) is 31.4 Å². The largest absolute Gasteiger partial charge is 0.497 e. The average molecular weight is 498 g/mol. The monoisotopic (exact) mass is 498 g/mol. The minimum atomic E-state index is -0.400. The molecule has 0 aliphatic heterocycles. The summed E-state index contributed by atoms with van der Waals surface area (Å²) in [6.07, 6.45) is 0.970. The van der Waals surface area contributed by atoms with Crippen molar-refractivity contribution in [2.75, 3.05) is 7.11 Å². The summed E-state index contributed by atoms with van der Waals surface area (Å²) in [6, 6.07) is 14.6. The van der Waals surface area contributed by atoms with Gasteiger partial charge in [0.2, 0.25) is 0 Å². The Morgan fingerprint density at radius 3 is 2.54 bits per heavy atom. The number of non-ortho nitro benzene ring substituents is 1. The summed E-state index contributed by atoms with van der Waals surface area (Å²) < 4.78 is 5.25. The van der Waals surface area contributed by atoms with Crippen LogP contribution in [0.2, 0.25) is 0 Å². The number of rotatable bonds is 8. The number of guanidine groups is 1. The molecule has 0 aromatic heterocycles. The van der Waals surface area contributed by atoms with Gasteiger partial charge in [-0.3, -0.25) is 10.1 Å². The zero-order valence-electron chi connectivity index (χ0n) is 16.3. The van der Waals surface area contributed by atoms with Crippen molar-refractivity contribution in [1.29, 1.82) is 0 Å². The lowest BCUT2D eigenvalue weighted by Gasteiger charge is -2.17. The van der Waals surface area contributed by atoms with E-state index in [1.807, 2.05) is 24.3 Å². The number of nitro benzene ring substituents is 1. The smallest absolute Gasteiger partial charge is 0.269 e. The summed E-state index contributed by atoms with van der Waals surface area (Å²) in [5, 5.41) is 17.4. The maximum atomic E-state index is 10.8. The molecule has 0 heterocycles. The van der Waals surface area contributed by atoms with Crippen molar-refractivity contribution >= 4 is 35.6 Å². The number of hydrogen-bond donors (Lipinski definition) is 2. The highest BCUT2D eigenvalue weighted by Crippen LogP contribution is 2.13. The molecule has 8 heteroatoms. The van der Waals surface area contributed by atoms with Crippen LogP contribution in [-0.2, 0) is 13.1 Å². The van der Waals surface area contributed by atoms with E-state index in [2.05, 4.69) is 29.5 Å². The van der Waals surface area contributed by atoms with Crippen LogP contribution < -0.4 is 15.4 Å². The molecule has 2 N–H and O–H groups in total. The topological polar surface area (TPSA) is 88.8 Å². The third kappa shape index (κ3) is 7.71. The number of halogens is 1. The molecule has 152 valence electrons. The van der Waals surface area contributed by atoms with Gasteiger partial charge in [0.25, 0.3) is 5.69 Å². The van der Waals surface area contributed by atoms with Crippen molar-refractivity contribution in [1.82, 2.24) is 10.6 Å². The van der Waals surface area contributed by atoms with Crippen LogP contribution in [0.4, 0.5) is 5.69 Å². The molecule has 0 fully saturated rings. The van der Waals surface area contributed by atoms with Gasteiger partial charge in [-0.25, -0.2) is 4.99 Å². The molecule has 2 aromatic rings. The van der Waals surface area contributed by atoms with E-state index in [1.54, 1.807) is 19.2 Å². The highest BCUT2D eigenvalue weighted by atomic mass is 127. The second-order valence-corrected chi connectivity index (χ2v) is 6.25. The van der Waals surface area contributed by atoms with E-state index in [4.69, 9.17) is 4.74 Å². The molecule has 0 spiro atoms. The molecule has 0 bridgehead atoms. The second kappa shape index (κ2) is 12.2. The van der Waals surface area contributed by atoms with Crippen molar-refractivity contribution in [3.8, 4) is 5.75 Å². The van der Waals surface area contributed by atoms with Crippen LogP contribution in [-0.4, -0.2) is 24.0 Å². The molecule has 0 aliphatic rings. The minimum Gasteiger partial charge on any atom is -0.497 e. The van der Waals surface area contributed by atoms with Crippen LogP contribution in [0, 0.1) is 10.1 Å². The molecule has 0 amide bonds. The molecule has 1 atom stereocenters. The molecule has 0 saturated carbocycles. The van der Waals surface area contributed by atoms with Gasteiger partial charge < -0.3 is 15.4 Å². The van der Waals surface area contributed by atoms with Gasteiger partial charge in [-0.2, -0.15) is 0 Å². The highest BCUT2D eigenvalue weighted by Gasteiger charge is 2.07. The Kier molecular flexibility index (Phi) is 10.3. The van der Waals surface area contributed by atoms with Gasteiger partial charge in [-0.05, 0) is 36.6 Å². The Labute approximate surface area is 182 Å². The first-order valence-electron chi connectivity index (χ1n) is 8.93. The van der Waals surface area contributed by atoms with Gasteiger partial charge in [0.1, 0.15) is 5.75 Å². The van der Waals surface area contributed by atoms with Gasteiger partial charge in [-0.1, -0.05) is 31.2 Å². The van der Waals surface area contributed by atoms with Gasteiger partial charge in [0.15, 0.2) is 5.96 Å². The minimum absolute atomic E-state index is 0. The van der Waals surface area contributed by atoms with Crippen molar-refractivity contribution < 1.29 is 9.66 Å². The van der Waals surface area contributed by atoms with Crippen molar-refractivity contribution in [3.05, 3.63) is 69.8 Å². The molecular formula is C20H27IN4O3. The lowest BCUT2D eigenvalue weighted by molar-refractivity contribution is -0.384. The maximum Gasteiger partial charge on any atom is 0.269 e. The van der Waals surface area contributed by atoms with Crippen molar-refractivity contribution in [2.45, 2.75) is 39.4 Å². The molecule has 7 nitrogen and oxygen atoms in total. The zero-order valence-corrected chi connectivity index (χ0v) is 18.7. The fourth-order valence-electron chi connectivity index (χ4n) is 2.35. The molecule has 0 aliphatic carbocycles. The Morgan fingerprint density at radius 1 is 1.21 bits per heavy atom. The van der Waals surface area contributed by atoms with Crippen LogP contribution >= 0.6 is 24.0 Å². The van der Waals surface area contributed by atoms with Crippen LogP contribution in [0.15, 0.2) is 53.5 Å². The Balaban J connectivity index is 0.00000392. The summed E-state index contributed by atoms with van der Waals surface area (Å²) >= 11 is 0.